The van der Waals surface area contributed by atoms with E-state index < -0.39 is 5.91 Å². The third-order valence-electron chi connectivity index (χ3n) is 7.88. The summed E-state index contributed by atoms with van der Waals surface area (Å²) in [7, 11) is 0. The molecule has 192 valence electrons. The molecule has 0 aliphatic carbocycles. The predicted molar refractivity (Wildman–Crippen MR) is 140 cm³/mol. The SMILES string of the molecule is C[C@H]1CCCCNC(=O)c2cccc(c2)C(=O)/N=C2\Nc3cccc(C(=O)N4CCC5(COC5)C4)c3N21. The fourth-order valence-corrected chi connectivity index (χ4v) is 5.73. The van der Waals surface area contributed by atoms with Crippen molar-refractivity contribution < 1.29 is 19.1 Å². The van der Waals surface area contributed by atoms with Crippen LogP contribution in [0.1, 0.15) is 63.7 Å². The molecular formula is C28H31N5O4. The van der Waals surface area contributed by atoms with Crippen molar-refractivity contribution in [2.45, 2.75) is 38.6 Å². The second-order valence-electron chi connectivity index (χ2n) is 10.6. The summed E-state index contributed by atoms with van der Waals surface area (Å²) in [5, 5.41) is 6.24. The minimum atomic E-state index is -0.446. The first-order valence-corrected chi connectivity index (χ1v) is 13.0. The zero-order valence-corrected chi connectivity index (χ0v) is 21.0. The van der Waals surface area contributed by atoms with Crippen molar-refractivity contribution in [3.8, 4) is 0 Å². The average molecular weight is 502 g/mol. The predicted octanol–water partition coefficient (Wildman–Crippen LogP) is 3.28. The lowest BCUT2D eigenvalue weighted by molar-refractivity contribution is -0.103. The van der Waals surface area contributed by atoms with Crippen LogP contribution in [-0.2, 0) is 4.74 Å². The van der Waals surface area contributed by atoms with E-state index in [0.29, 0.717) is 35.7 Å². The molecule has 2 N–H and O–H groups in total. The van der Waals surface area contributed by atoms with Gasteiger partial charge in [0.15, 0.2) is 0 Å². The van der Waals surface area contributed by atoms with Crippen LogP contribution in [0.4, 0.5) is 11.4 Å². The number of carbonyl (C=O) groups is 3. The van der Waals surface area contributed by atoms with Crippen LogP contribution in [0, 0.1) is 5.41 Å². The van der Waals surface area contributed by atoms with Gasteiger partial charge in [-0.2, -0.15) is 4.99 Å². The average Bonchev–Trinajstić information content (AvgIpc) is 3.50. The fraction of sp³-hybridized carbons (Fsp3) is 0.429. The van der Waals surface area contributed by atoms with E-state index in [1.54, 1.807) is 24.3 Å². The van der Waals surface area contributed by atoms with E-state index >= 15 is 0 Å². The van der Waals surface area contributed by atoms with Gasteiger partial charge in [-0.05, 0) is 62.9 Å². The van der Waals surface area contributed by atoms with Gasteiger partial charge in [-0.25, -0.2) is 0 Å². The quantitative estimate of drug-likeness (QED) is 0.622. The highest BCUT2D eigenvalue weighted by Gasteiger charge is 2.46. The molecule has 0 radical (unpaired) electrons. The van der Waals surface area contributed by atoms with Crippen molar-refractivity contribution in [3.63, 3.8) is 0 Å². The topological polar surface area (TPSA) is 103 Å². The zero-order valence-electron chi connectivity index (χ0n) is 21.0. The number of fused-ring (bicyclic) bond motifs is 5. The summed E-state index contributed by atoms with van der Waals surface area (Å²) in [6.45, 7) is 5.50. The van der Waals surface area contributed by atoms with Crippen molar-refractivity contribution in [2.75, 3.05) is 43.1 Å². The Kier molecular flexibility index (Phi) is 5.95. The molecule has 2 bridgehead atoms. The number of hydrogen-bond donors (Lipinski definition) is 2. The fourth-order valence-electron chi connectivity index (χ4n) is 5.73. The summed E-state index contributed by atoms with van der Waals surface area (Å²) >= 11 is 0. The lowest BCUT2D eigenvalue weighted by atomic mass is 9.85. The summed E-state index contributed by atoms with van der Waals surface area (Å²) in [4.78, 5) is 47.9. The minimum absolute atomic E-state index is 0.00276. The Hall–Kier alpha value is -3.72. The maximum atomic E-state index is 13.8. The van der Waals surface area contributed by atoms with Gasteiger partial charge in [-0.3, -0.25) is 14.4 Å². The van der Waals surface area contributed by atoms with Crippen LogP contribution in [0.25, 0.3) is 0 Å². The van der Waals surface area contributed by atoms with Crippen molar-refractivity contribution in [2.24, 2.45) is 10.4 Å². The monoisotopic (exact) mass is 501 g/mol. The number of anilines is 2. The number of likely N-dealkylation sites (tertiary alicyclic amines) is 1. The second kappa shape index (κ2) is 9.30. The number of rotatable bonds is 1. The van der Waals surface area contributed by atoms with E-state index in [-0.39, 0.29) is 23.3 Å². The zero-order chi connectivity index (χ0) is 25.6. The van der Waals surface area contributed by atoms with E-state index in [4.69, 9.17) is 4.74 Å². The van der Waals surface area contributed by atoms with Crippen LogP contribution in [0.15, 0.2) is 47.5 Å². The molecule has 0 saturated carbocycles. The van der Waals surface area contributed by atoms with Gasteiger partial charge in [-0.1, -0.05) is 12.1 Å². The van der Waals surface area contributed by atoms with Gasteiger partial charge in [0, 0.05) is 42.2 Å². The molecule has 4 aliphatic heterocycles. The first kappa shape index (κ1) is 23.7. The number of amides is 3. The molecule has 2 saturated heterocycles. The van der Waals surface area contributed by atoms with E-state index in [1.807, 2.05) is 28.0 Å². The maximum absolute atomic E-state index is 13.8. The molecule has 0 aromatic heterocycles. The van der Waals surface area contributed by atoms with Gasteiger partial charge in [0.05, 0.1) is 30.2 Å². The molecule has 37 heavy (non-hydrogen) atoms. The number of nitrogens with zero attached hydrogens (tertiary/aromatic N) is 3. The van der Waals surface area contributed by atoms with E-state index in [9.17, 15) is 14.4 Å². The Morgan fingerprint density at radius 2 is 1.92 bits per heavy atom. The van der Waals surface area contributed by atoms with Gasteiger partial charge in [0.2, 0.25) is 5.96 Å². The molecular weight excluding hydrogens is 470 g/mol. The normalized spacial score (nSPS) is 24.2. The number of benzene rings is 2. The molecule has 3 amide bonds. The lowest BCUT2D eigenvalue weighted by Gasteiger charge is -2.37. The van der Waals surface area contributed by atoms with E-state index in [2.05, 4.69) is 22.5 Å². The summed E-state index contributed by atoms with van der Waals surface area (Å²) in [5.74, 6) is -0.235. The number of nitrogens with one attached hydrogen (secondary N) is 2. The van der Waals surface area contributed by atoms with Crippen LogP contribution in [0.5, 0.6) is 0 Å². The molecule has 1 atom stereocenters. The number of para-hydroxylation sites is 1. The summed E-state index contributed by atoms with van der Waals surface area (Å²) in [6, 6.07) is 12.3. The highest BCUT2D eigenvalue weighted by molar-refractivity contribution is 6.22. The largest absolute Gasteiger partial charge is 0.380 e. The van der Waals surface area contributed by atoms with Crippen molar-refractivity contribution in [1.29, 1.82) is 0 Å². The standard InChI is InChI=1S/C28H31N5O4/c1-18-6-2-3-12-29-24(34)19-7-4-8-20(14-19)25(35)31-27-30-22-10-5-9-21(23(22)33(18)27)26(36)32-13-11-28(15-32)16-37-17-28/h4-5,7-10,14,18H,2-3,6,11-13,15-17H2,1H3,(H,29,34)(H,30,31,35)/t18-/m0/s1. The Morgan fingerprint density at radius 1 is 1.11 bits per heavy atom. The van der Waals surface area contributed by atoms with Crippen LogP contribution in [0.3, 0.4) is 0 Å². The Morgan fingerprint density at radius 3 is 2.70 bits per heavy atom. The van der Waals surface area contributed by atoms with Crippen LogP contribution in [0.2, 0.25) is 0 Å². The number of ether oxygens (including phenoxy) is 1. The summed E-state index contributed by atoms with van der Waals surface area (Å²) in [5.41, 5.74) is 3.02. The van der Waals surface area contributed by atoms with E-state index in [1.165, 1.54) is 0 Å². The third-order valence-corrected chi connectivity index (χ3v) is 7.88. The molecule has 4 heterocycles. The molecule has 0 unspecified atom stereocenters. The second-order valence-corrected chi connectivity index (χ2v) is 10.6. The lowest BCUT2D eigenvalue weighted by Crippen LogP contribution is -2.45. The molecule has 2 aromatic carbocycles. The summed E-state index contributed by atoms with van der Waals surface area (Å²) in [6.07, 6.45) is 3.47. The number of hydrogen-bond acceptors (Lipinski definition) is 6. The molecule has 2 aromatic rings. The van der Waals surface area contributed by atoms with Gasteiger partial charge in [-0.15, -0.1) is 0 Å². The Bertz CT molecular complexity index is 1300. The van der Waals surface area contributed by atoms with Crippen molar-refractivity contribution >= 4 is 35.1 Å². The van der Waals surface area contributed by atoms with Crippen molar-refractivity contribution in [1.82, 2.24) is 10.2 Å². The van der Waals surface area contributed by atoms with Crippen LogP contribution < -0.4 is 15.5 Å². The van der Waals surface area contributed by atoms with Gasteiger partial charge in [0.25, 0.3) is 17.7 Å². The van der Waals surface area contributed by atoms with Crippen molar-refractivity contribution in [3.05, 3.63) is 59.2 Å². The van der Waals surface area contributed by atoms with Crippen LogP contribution >= 0.6 is 0 Å². The molecule has 9 heteroatoms. The molecule has 9 nitrogen and oxygen atoms in total. The van der Waals surface area contributed by atoms with Crippen LogP contribution in [-0.4, -0.2) is 67.5 Å². The summed E-state index contributed by atoms with van der Waals surface area (Å²) < 4.78 is 5.44. The maximum Gasteiger partial charge on any atom is 0.280 e. The minimum Gasteiger partial charge on any atom is -0.380 e. The Balaban J connectivity index is 1.37. The molecule has 6 rings (SSSR count). The third kappa shape index (κ3) is 4.27. The van der Waals surface area contributed by atoms with Gasteiger partial charge < -0.3 is 25.2 Å². The number of aliphatic imine (C=N–C) groups is 1. The van der Waals surface area contributed by atoms with Gasteiger partial charge in [0.1, 0.15) is 0 Å². The number of guanidine groups is 1. The molecule has 2 fully saturated rings. The highest BCUT2D eigenvalue weighted by atomic mass is 16.5. The smallest absolute Gasteiger partial charge is 0.280 e. The Labute approximate surface area is 215 Å². The van der Waals surface area contributed by atoms with E-state index in [0.717, 1.165) is 56.8 Å². The highest BCUT2D eigenvalue weighted by Crippen LogP contribution is 2.42. The first-order valence-electron chi connectivity index (χ1n) is 13.0. The van der Waals surface area contributed by atoms with Gasteiger partial charge >= 0.3 is 0 Å². The number of carbonyl (C=O) groups excluding carboxylic acids is 3. The molecule has 1 spiro atoms. The first-order chi connectivity index (χ1) is 17.9. The molecule has 4 aliphatic rings.